The van der Waals surface area contributed by atoms with E-state index in [9.17, 15) is 4.79 Å². The molecule has 0 aromatic carbocycles. The molecule has 3 rings (SSSR count). The fourth-order valence-corrected chi connectivity index (χ4v) is 3.70. The molecule has 3 heterocycles. The van der Waals surface area contributed by atoms with Crippen LogP contribution in [-0.2, 0) is 4.79 Å². The molecule has 1 atom stereocenters. The third-order valence-electron chi connectivity index (χ3n) is 4.06. The Morgan fingerprint density at radius 3 is 2.57 bits per heavy atom. The van der Waals surface area contributed by atoms with Crippen molar-refractivity contribution in [1.82, 2.24) is 10.2 Å². The Morgan fingerprint density at radius 1 is 1.24 bits per heavy atom. The first-order valence-corrected chi connectivity index (χ1v) is 8.00. The molecule has 0 spiro atoms. The highest BCUT2D eigenvalue weighted by molar-refractivity contribution is 7.14. The smallest absolute Gasteiger partial charge is 0.227 e. The van der Waals surface area contributed by atoms with Crippen LogP contribution in [0, 0.1) is 5.92 Å². The summed E-state index contributed by atoms with van der Waals surface area (Å²) in [7, 11) is 0. The van der Waals surface area contributed by atoms with Crippen LogP contribution in [0.4, 0.5) is 5.00 Å². The van der Waals surface area contributed by atoms with E-state index in [-0.39, 0.29) is 30.7 Å². The molecule has 21 heavy (non-hydrogen) atoms. The van der Waals surface area contributed by atoms with Gasteiger partial charge in [0.25, 0.3) is 0 Å². The Bertz CT molecular complexity index is 416. The summed E-state index contributed by atoms with van der Waals surface area (Å²) in [6, 6.07) is 4.25. The Kier molecular flexibility index (Phi) is 7.81. The highest BCUT2D eigenvalue weighted by Gasteiger charge is 2.28. The summed E-state index contributed by atoms with van der Waals surface area (Å²) in [6.45, 7) is 5.60. The van der Waals surface area contributed by atoms with Crippen molar-refractivity contribution in [2.24, 2.45) is 5.92 Å². The van der Waals surface area contributed by atoms with E-state index >= 15 is 0 Å². The lowest BCUT2D eigenvalue weighted by Crippen LogP contribution is -2.52. The van der Waals surface area contributed by atoms with Gasteiger partial charge in [0, 0.05) is 32.7 Å². The zero-order chi connectivity index (χ0) is 13.1. The van der Waals surface area contributed by atoms with Gasteiger partial charge in [-0.15, -0.1) is 36.2 Å². The maximum atomic E-state index is 12.4. The molecule has 4 nitrogen and oxygen atoms in total. The molecule has 120 valence electrons. The van der Waals surface area contributed by atoms with Crippen molar-refractivity contribution in [3.63, 3.8) is 0 Å². The van der Waals surface area contributed by atoms with Crippen LogP contribution in [0.25, 0.3) is 0 Å². The first kappa shape index (κ1) is 18.6. The molecule has 0 bridgehead atoms. The monoisotopic (exact) mass is 351 g/mol. The summed E-state index contributed by atoms with van der Waals surface area (Å²) >= 11 is 1.78. The SMILES string of the molecule is Cl.Cl.O=C(C1CCCNC1)N1CCN(c2cccs2)CC1. The number of hydrogen-bond donors (Lipinski definition) is 1. The Balaban J connectivity index is 0.00000110. The van der Waals surface area contributed by atoms with E-state index in [2.05, 4.69) is 32.6 Å². The Morgan fingerprint density at radius 2 is 2.00 bits per heavy atom. The average Bonchev–Trinajstić information content (AvgIpc) is 3.02. The third kappa shape index (κ3) is 4.49. The quantitative estimate of drug-likeness (QED) is 0.887. The number of anilines is 1. The van der Waals surface area contributed by atoms with Crippen LogP contribution in [0.2, 0.25) is 0 Å². The van der Waals surface area contributed by atoms with E-state index in [0.717, 1.165) is 52.1 Å². The van der Waals surface area contributed by atoms with Gasteiger partial charge in [0.15, 0.2) is 0 Å². The molecule has 0 aliphatic carbocycles. The Hall–Kier alpha value is -0.490. The minimum absolute atomic E-state index is 0. The van der Waals surface area contributed by atoms with Crippen LogP contribution in [0.15, 0.2) is 17.5 Å². The van der Waals surface area contributed by atoms with Crippen molar-refractivity contribution in [3.8, 4) is 0 Å². The summed E-state index contributed by atoms with van der Waals surface area (Å²) in [5.74, 6) is 0.570. The van der Waals surface area contributed by atoms with Crippen molar-refractivity contribution in [3.05, 3.63) is 17.5 Å². The number of carbonyl (C=O) groups excluding carboxylic acids is 1. The molecule has 1 amide bonds. The summed E-state index contributed by atoms with van der Waals surface area (Å²) < 4.78 is 0. The maximum Gasteiger partial charge on any atom is 0.227 e. The number of hydrogen-bond acceptors (Lipinski definition) is 4. The predicted octanol–water partition coefficient (Wildman–Crippen LogP) is 2.24. The molecule has 2 fully saturated rings. The fourth-order valence-electron chi connectivity index (χ4n) is 2.92. The van der Waals surface area contributed by atoms with Gasteiger partial charge in [-0.05, 0) is 36.9 Å². The van der Waals surface area contributed by atoms with Gasteiger partial charge in [-0.25, -0.2) is 0 Å². The van der Waals surface area contributed by atoms with Gasteiger partial charge in [0.1, 0.15) is 0 Å². The molecular formula is C14H23Cl2N3OS. The predicted molar refractivity (Wildman–Crippen MR) is 93.2 cm³/mol. The minimum Gasteiger partial charge on any atom is -0.360 e. The molecular weight excluding hydrogens is 329 g/mol. The normalized spacial score (nSPS) is 22.2. The van der Waals surface area contributed by atoms with Crippen LogP contribution in [0.3, 0.4) is 0 Å². The standard InChI is InChI=1S/C14H21N3OS.2ClH/c18-14(12-3-1-5-15-11-12)17-8-6-16(7-9-17)13-4-2-10-19-13;;/h2,4,10,12,15H,1,3,5-9,11H2;2*1H. The summed E-state index contributed by atoms with van der Waals surface area (Å²) in [4.78, 5) is 16.9. The van der Waals surface area contributed by atoms with Crippen molar-refractivity contribution < 1.29 is 4.79 Å². The highest BCUT2D eigenvalue weighted by atomic mass is 35.5. The maximum absolute atomic E-state index is 12.4. The van der Waals surface area contributed by atoms with Gasteiger partial charge in [-0.1, -0.05) is 0 Å². The van der Waals surface area contributed by atoms with E-state index in [1.165, 1.54) is 5.00 Å². The van der Waals surface area contributed by atoms with Gasteiger partial charge in [0.2, 0.25) is 5.91 Å². The topological polar surface area (TPSA) is 35.6 Å². The molecule has 1 N–H and O–H groups in total. The number of thiophene rings is 1. The largest absolute Gasteiger partial charge is 0.360 e. The molecule has 7 heteroatoms. The molecule has 2 saturated heterocycles. The van der Waals surface area contributed by atoms with Crippen LogP contribution < -0.4 is 10.2 Å². The van der Waals surface area contributed by atoms with E-state index < -0.39 is 0 Å². The van der Waals surface area contributed by atoms with E-state index in [0.29, 0.717) is 5.91 Å². The van der Waals surface area contributed by atoms with Gasteiger partial charge in [0.05, 0.1) is 10.9 Å². The van der Waals surface area contributed by atoms with Crippen molar-refractivity contribution in [1.29, 1.82) is 0 Å². The number of halogens is 2. The molecule has 1 unspecified atom stereocenters. The zero-order valence-electron chi connectivity index (χ0n) is 12.0. The number of carbonyl (C=O) groups is 1. The number of nitrogens with zero attached hydrogens (tertiary/aromatic N) is 2. The summed E-state index contributed by atoms with van der Waals surface area (Å²) in [6.07, 6.45) is 2.18. The average molecular weight is 352 g/mol. The van der Waals surface area contributed by atoms with Gasteiger partial charge < -0.3 is 15.1 Å². The van der Waals surface area contributed by atoms with Crippen LogP contribution >= 0.6 is 36.2 Å². The molecule has 0 saturated carbocycles. The zero-order valence-corrected chi connectivity index (χ0v) is 14.4. The summed E-state index contributed by atoms with van der Waals surface area (Å²) in [5.41, 5.74) is 0. The lowest BCUT2D eigenvalue weighted by molar-refractivity contribution is -0.136. The number of piperidine rings is 1. The third-order valence-corrected chi connectivity index (χ3v) is 4.98. The van der Waals surface area contributed by atoms with Crippen LogP contribution in [0.5, 0.6) is 0 Å². The first-order valence-electron chi connectivity index (χ1n) is 7.12. The number of piperazine rings is 1. The van der Waals surface area contributed by atoms with Gasteiger partial charge >= 0.3 is 0 Å². The van der Waals surface area contributed by atoms with Gasteiger partial charge in [-0.2, -0.15) is 0 Å². The first-order chi connectivity index (χ1) is 9.34. The highest BCUT2D eigenvalue weighted by Crippen LogP contribution is 2.23. The Labute approximate surface area is 142 Å². The van der Waals surface area contributed by atoms with Crippen molar-refractivity contribution in [2.45, 2.75) is 12.8 Å². The van der Waals surface area contributed by atoms with E-state index in [4.69, 9.17) is 0 Å². The second-order valence-corrected chi connectivity index (χ2v) is 6.23. The summed E-state index contributed by atoms with van der Waals surface area (Å²) in [5, 5.41) is 6.77. The fraction of sp³-hybridized carbons (Fsp3) is 0.643. The van der Waals surface area contributed by atoms with Gasteiger partial charge in [-0.3, -0.25) is 4.79 Å². The minimum atomic E-state index is 0. The molecule has 0 radical (unpaired) electrons. The van der Waals surface area contributed by atoms with Crippen molar-refractivity contribution in [2.75, 3.05) is 44.2 Å². The lowest BCUT2D eigenvalue weighted by atomic mass is 9.98. The molecule has 2 aliphatic rings. The number of rotatable bonds is 2. The van der Waals surface area contributed by atoms with Crippen molar-refractivity contribution >= 4 is 47.1 Å². The number of nitrogens with one attached hydrogen (secondary N) is 1. The molecule has 2 aliphatic heterocycles. The number of amides is 1. The second-order valence-electron chi connectivity index (χ2n) is 5.31. The van der Waals surface area contributed by atoms with Crippen LogP contribution in [-0.4, -0.2) is 50.1 Å². The van der Waals surface area contributed by atoms with E-state index in [1.807, 2.05) is 0 Å². The van der Waals surface area contributed by atoms with E-state index in [1.54, 1.807) is 11.3 Å². The second kappa shape index (κ2) is 8.83. The van der Waals surface area contributed by atoms with Crippen LogP contribution in [0.1, 0.15) is 12.8 Å². The molecule has 1 aromatic heterocycles. The molecule has 1 aromatic rings. The lowest BCUT2D eigenvalue weighted by Gasteiger charge is -2.37.